The summed E-state index contributed by atoms with van der Waals surface area (Å²) in [6, 6.07) is 0. The number of aliphatic imine (C=N–C) groups is 1. The van der Waals surface area contributed by atoms with Crippen LogP contribution in [0.25, 0.3) is 0 Å². The van der Waals surface area contributed by atoms with Gasteiger partial charge in [0.1, 0.15) is 0 Å². The molecule has 0 aromatic carbocycles. The molecule has 1 rings (SSSR count). The highest BCUT2D eigenvalue weighted by Crippen LogP contribution is 2.42. The Kier molecular flexibility index (Phi) is 9.04. The molecule has 7 heteroatoms. The minimum atomic E-state index is -2.91. The summed E-state index contributed by atoms with van der Waals surface area (Å²) in [6.45, 7) is 5.23. The van der Waals surface area contributed by atoms with E-state index in [0.717, 1.165) is 6.54 Å². The molecule has 0 amide bonds. The third-order valence-electron chi connectivity index (χ3n) is 4.16. The van der Waals surface area contributed by atoms with Gasteiger partial charge in [-0.3, -0.25) is 4.99 Å². The van der Waals surface area contributed by atoms with Crippen LogP contribution in [0.3, 0.4) is 0 Å². The van der Waals surface area contributed by atoms with E-state index in [-0.39, 0.29) is 35.5 Å². The smallest absolute Gasteiger partial charge is 0.191 e. The van der Waals surface area contributed by atoms with Crippen molar-refractivity contribution in [2.75, 3.05) is 31.6 Å². The fraction of sp³-hybridized carbons (Fsp3) is 0.923. The van der Waals surface area contributed by atoms with Crippen LogP contribution in [-0.2, 0) is 9.84 Å². The van der Waals surface area contributed by atoms with E-state index in [1.807, 2.05) is 0 Å². The second-order valence-electron chi connectivity index (χ2n) is 5.30. The lowest BCUT2D eigenvalue weighted by atomic mass is 9.67. The Hall–Kier alpha value is -0.0500. The van der Waals surface area contributed by atoms with E-state index in [1.165, 1.54) is 25.7 Å². The van der Waals surface area contributed by atoms with E-state index in [4.69, 9.17) is 0 Å². The molecule has 0 heterocycles. The number of hydrogen-bond donors (Lipinski definition) is 2. The molecule has 20 heavy (non-hydrogen) atoms. The highest BCUT2D eigenvalue weighted by molar-refractivity contribution is 14.0. The number of hydrogen-bond acceptors (Lipinski definition) is 3. The van der Waals surface area contributed by atoms with Crippen molar-refractivity contribution in [3.8, 4) is 0 Å². The lowest BCUT2D eigenvalue weighted by Crippen LogP contribution is -2.47. The van der Waals surface area contributed by atoms with Gasteiger partial charge in [-0.1, -0.05) is 20.3 Å². The van der Waals surface area contributed by atoms with E-state index >= 15 is 0 Å². The van der Waals surface area contributed by atoms with Gasteiger partial charge in [-0.25, -0.2) is 8.42 Å². The summed E-state index contributed by atoms with van der Waals surface area (Å²) in [5, 5.41) is 6.38. The highest BCUT2D eigenvalue weighted by atomic mass is 127. The molecule has 5 nitrogen and oxygen atoms in total. The second-order valence-corrected chi connectivity index (χ2v) is 7.77. The summed E-state index contributed by atoms with van der Waals surface area (Å²) < 4.78 is 22.8. The Morgan fingerprint density at radius 1 is 1.25 bits per heavy atom. The first kappa shape index (κ1) is 19.9. The molecule has 0 aromatic rings. The maximum atomic E-state index is 11.4. The van der Waals surface area contributed by atoms with Crippen molar-refractivity contribution >= 4 is 39.8 Å². The standard InChI is InChI=1S/C13H27N3O2S.HI/c1-4-13(7-6-8-13)11-16-12(14-3)15-9-10-19(17,18)5-2;/h4-11H2,1-3H3,(H2,14,15,16);1H. The Morgan fingerprint density at radius 2 is 1.90 bits per heavy atom. The van der Waals surface area contributed by atoms with Gasteiger partial charge in [-0.15, -0.1) is 24.0 Å². The van der Waals surface area contributed by atoms with Gasteiger partial charge in [0.2, 0.25) is 0 Å². The summed E-state index contributed by atoms with van der Waals surface area (Å²) >= 11 is 0. The van der Waals surface area contributed by atoms with Crippen molar-refractivity contribution in [2.45, 2.75) is 39.5 Å². The summed E-state index contributed by atoms with van der Waals surface area (Å²) in [5.74, 6) is 1.05. The summed E-state index contributed by atoms with van der Waals surface area (Å²) in [4.78, 5) is 4.13. The lowest BCUT2D eigenvalue weighted by Gasteiger charge is -2.41. The molecule has 0 unspecified atom stereocenters. The predicted molar refractivity (Wildman–Crippen MR) is 95.7 cm³/mol. The molecule has 0 aliphatic heterocycles. The van der Waals surface area contributed by atoms with Gasteiger partial charge in [0.15, 0.2) is 15.8 Å². The monoisotopic (exact) mass is 417 g/mol. The Bertz CT molecular complexity index is 400. The first-order valence-electron chi connectivity index (χ1n) is 7.12. The molecule has 120 valence electrons. The largest absolute Gasteiger partial charge is 0.356 e. The van der Waals surface area contributed by atoms with Gasteiger partial charge in [0.25, 0.3) is 0 Å². The van der Waals surface area contributed by atoms with Gasteiger partial charge in [-0.05, 0) is 24.7 Å². The third-order valence-corrected chi connectivity index (χ3v) is 5.87. The molecular weight excluding hydrogens is 389 g/mol. The van der Waals surface area contributed by atoms with E-state index in [9.17, 15) is 8.42 Å². The van der Waals surface area contributed by atoms with Gasteiger partial charge in [0, 0.05) is 25.9 Å². The fourth-order valence-electron chi connectivity index (χ4n) is 2.29. The van der Waals surface area contributed by atoms with Crippen LogP contribution in [0.1, 0.15) is 39.5 Å². The lowest BCUT2D eigenvalue weighted by molar-refractivity contribution is 0.131. The quantitative estimate of drug-likeness (QED) is 0.377. The maximum absolute atomic E-state index is 11.4. The van der Waals surface area contributed by atoms with Crippen LogP contribution in [0.4, 0.5) is 0 Å². The van der Waals surface area contributed by atoms with Crippen molar-refractivity contribution in [2.24, 2.45) is 10.4 Å². The number of guanidine groups is 1. The molecule has 0 saturated heterocycles. The minimum absolute atomic E-state index is 0. The predicted octanol–water partition coefficient (Wildman–Crippen LogP) is 1.78. The van der Waals surface area contributed by atoms with E-state index < -0.39 is 9.84 Å². The maximum Gasteiger partial charge on any atom is 0.191 e. The Morgan fingerprint density at radius 3 is 2.30 bits per heavy atom. The zero-order valence-corrected chi connectivity index (χ0v) is 15.9. The molecule has 1 saturated carbocycles. The summed E-state index contributed by atoms with van der Waals surface area (Å²) in [7, 11) is -1.20. The topological polar surface area (TPSA) is 70.6 Å². The van der Waals surface area contributed by atoms with Crippen molar-refractivity contribution in [1.29, 1.82) is 0 Å². The first-order chi connectivity index (χ1) is 8.97. The zero-order valence-electron chi connectivity index (χ0n) is 12.7. The molecule has 1 aliphatic rings. The van der Waals surface area contributed by atoms with Crippen LogP contribution < -0.4 is 10.6 Å². The Labute approximate surface area is 140 Å². The van der Waals surface area contributed by atoms with Gasteiger partial charge >= 0.3 is 0 Å². The molecule has 0 atom stereocenters. The average Bonchev–Trinajstić information content (AvgIpc) is 2.35. The van der Waals surface area contributed by atoms with Crippen molar-refractivity contribution in [1.82, 2.24) is 10.6 Å². The van der Waals surface area contributed by atoms with E-state index in [0.29, 0.717) is 17.9 Å². The number of rotatable bonds is 7. The average molecular weight is 417 g/mol. The van der Waals surface area contributed by atoms with Gasteiger partial charge in [0.05, 0.1) is 5.75 Å². The first-order valence-corrected chi connectivity index (χ1v) is 8.94. The van der Waals surface area contributed by atoms with Crippen LogP contribution in [0.15, 0.2) is 4.99 Å². The molecule has 0 radical (unpaired) electrons. The van der Waals surface area contributed by atoms with Crippen LogP contribution >= 0.6 is 24.0 Å². The second kappa shape index (κ2) is 9.07. The summed E-state index contributed by atoms with van der Waals surface area (Å²) in [6.07, 6.45) is 5.05. The van der Waals surface area contributed by atoms with Crippen LogP contribution in [0.2, 0.25) is 0 Å². The number of nitrogens with one attached hydrogen (secondary N) is 2. The highest BCUT2D eigenvalue weighted by Gasteiger charge is 2.34. The van der Waals surface area contributed by atoms with Crippen LogP contribution in [0.5, 0.6) is 0 Å². The van der Waals surface area contributed by atoms with Crippen LogP contribution in [0, 0.1) is 5.41 Å². The van der Waals surface area contributed by atoms with Crippen molar-refractivity contribution < 1.29 is 8.42 Å². The van der Waals surface area contributed by atoms with Crippen LogP contribution in [-0.4, -0.2) is 46.0 Å². The van der Waals surface area contributed by atoms with Crippen molar-refractivity contribution in [3.63, 3.8) is 0 Å². The van der Waals surface area contributed by atoms with Gasteiger partial charge in [-0.2, -0.15) is 0 Å². The molecular formula is C13H28IN3O2S. The molecule has 1 fully saturated rings. The fourth-order valence-corrected chi connectivity index (χ4v) is 2.99. The minimum Gasteiger partial charge on any atom is -0.356 e. The van der Waals surface area contributed by atoms with E-state index in [1.54, 1.807) is 14.0 Å². The van der Waals surface area contributed by atoms with Gasteiger partial charge < -0.3 is 10.6 Å². The zero-order chi connectivity index (χ0) is 14.4. The van der Waals surface area contributed by atoms with Crippen molar-refractivity contribution in [3.05, 3.63) is 0 Å². The number of sulfone groups is 1. The number of nitrogens with zero attached hydrogens (tertiary/aromatic N) is 1. The molecule has 0 bridgehead atoms. The molecule has 0 spiro atoms. The number of halogens is 1. The third kappa shape index (κ3) is 6.15. The summed E-state index contributed by atoms with van der Waals surface area (Å²) in [5.41, 5.74) is 0.424. The molecule has 0 aromatic heterocycles. The van der Waals surface area contributed by atoms with E-state index in [2.05, 4.69) is 22.5 Å². The normalized spacial score (nSPS) is 17.9. The molecule has 1 aliphatic carbocycles. The SMILES string of the molecule is CCC1(CNC(=NC)NCCS(=O)(=O)CC)CCC1.I. The molecule has 2 N–H and O–H groups in total. The Balaban J connectivity index is 0.00000361.